The van der Waals surface area contributed by atoms with E-state index in [1.165, 1.54) is 30.4 Å². The topological polar surface area (TPSA) is 21.3 Å². The molecule has 106 valence electrons. The molecule has 2 heteroatoms. The summed E-state index contributed by atoms with van der Waals surface area (Å²) in [6.45, 7) is 9.08. The molecule has 19 heavy (non-hydrogen) atoms. The third-order valence-electron chi connectivity index (χ3n) is 4.11. The van der Waals surface area contributed by atoms with Crippen LogP contribution in [0.3, 0.4) is 0 Å². The van der Waals surface area contributed by atoms with Gasteiger partial charge in [-0.1, -0.05) is 32.9 Å². The average molecular weight is 261 g/mol. The van der Waals surface area contributed by atoms with Gasteiger partial charge in [-0.15, -0.1) is 0 Å². The van der Waals surface area contributed by atoms with Gasteiger partial charge in [0.25, 0.3) is 0 Å². The van der Waals surface area contributed by atoms with Crippen LogP contribution in [0.15, 0.2) is 18.2 Å². The first kappa shape index (κ1) is 14.4. The van der Waals surface area contributed by atoms with E-state index in [0.29, 0.717) is 5.92 Å². The molecular formula is C17H27NO. The van der Waals surface area contributed by atoms with Crippen LogP contribution in [0.1, 0.15) is 57.1 Å². The van der Waals surface area contributed by atoms with Crippen molar-refractivity contribution in [1.82, 2.24) is 5.32 Å². The van der Waals surface area contributed by atoms with Crippen molar-refractivity contribution in [2.75, 3.05) is 20.2 Å². The summed E-state index contributed by atoms with van der Waals surface area (Å²) in [7, 11) is 1.78. The Labute approximate surface area is 117 Å². The van der Waals surface area contributed by atoms with Gasteiger partial charge in [0.2, 0.25) is 0 Å². The van der Waals surface area contributed by atoms with Crippen molar-refractivity contribution in [3.63, 3.8) is 0 Å². The Bertz CT molecular complexity index is 412. The number of nitrogens with one attached hydrogen (secondary N) is 1. The maximum atomic E-state index is 5.59. The van der Waals surface area contributed by atoms with Gasteiger partial charge in [-0.2, -0.15) is 0 Å². The van der Waals surface area contributed by atoms with Crippen molar-refractivity contribution in [2.45, 2.75) is 51.4 Å². The molecule has 0 amide bonds. The second-order valence-corrected chi connectivity index (χ2v) is 6.58. The molecule has 0 aromatic heterocycles. The smallest absolute Gasteiger partial charge is 0.122 e. The molecule has 1 unspecified atom stereocenters. The first-order valence-electron chi connectivity index (χ1n) is 7.41. The summed E-state index contributed by atoms with van der Waals surface area (Å²) >= 11 is 0. The van der Waals surface area contributed by atoms with E-state index in [-0.39, 0.29) is 5.41 Å². The van der Waals surface area contributed by atoms with Gasteiger partial charge in [-0.25, -0.2) is 0 Å². The van der Waals surface area contributed by atoms with Crippen molar-refractivity contribution in [3.8, 4) is 5.75 Å². The molecule has 2 rings (SSSR count). The highest BCUT2D eigenvalue weighted by Crippen LogP contribution is 2.36. The lowest BCUT2D eigenvalue weighted by molar-refractivity contribution is 0.402. The number of rotatable bonds is 2. The van der Waals surface area contributed by atoms with E-state index in [1.54, 1.807) is 7.11 Å². The van der Waals surface area contributed by atoms with Gasteiger partial charge in [0.1, 0.15) is 5.75 Å². The second kappa shape index (κ2) is 5.96. The standard InChI is InChI=1S/C17H27NO/c1-17(2,3)14-7-8-16(19-4)15(12-14)13-6-5-10-18-11-9-13/h7-8,12-13,18H,5-6,9-11H2,1-4H3. The van der Waals surface area contributed by atoms with Crippen molar-refractivity contribution in [1.29, 1.82) is 0 Å². The van der Waals surface area contributed by atoms with Crippen LogP contribution in [-0.2, 0) is 5.41 Å². The molecule has 1 aliphatic rings. The summed E-state index contributed by atoms with van der Waals surface area (Å²) in [4.78, 5) is 0. The van der Waals surface area contributed by atoms with Crippen LogP contribution < -0.4 is 10.1 Å². The largest absolute Gasteiger partial charge is 0.496 e. The number of ether oxygens (including phenoxy) is 1. The third kappa shape index (κ3) is 3.50. The van der Waals surface area contributed by atoms with Crippen LogP contribution in [0.2, 0.25) is 0 Å². The van der Waals surface area contributed by atoms with Gasteiger partial charge in [-0.3, -0.25) is 0 Å². The zero-order valence-corrected chi connectivity index (χ0v) is 12.8. The maximum Gasteiger partial charge on any atom is 0.122 e. The van der Waals surface area contributed by atoms with Crippen LogP contribution in [0.4, 0.5) is 0 Å². The fourth-order valence-electron chi connectivity index (χ4n) is 2.85. The molecule has 1 aliphatic heterocycles. The molecule has 1 aromatic carbocycles. The van der Waals surface area contributed by atoms with Crippen molar-refractivity contribution in [2.24, 2.45) is 0 Å². The third-order valence-corrected chi connectivity index (χ3v) is 4.11. The van der Waals surface area contributed by atoms with Gasteiger partial charge in [0, 0.05) is 0 Å². The summed E-state index contributed by atoms with van der Waals surface area (Å²) < 4.78 is 5.59. The van der Waals surface area contributed by atoms with Crippen molar-refractivity contribution in [3.05, 3.63) is 29.3 Å². The second-order valence-electron chi connectivity index (χ2n) is 6.58. The summed E-state index contributed by atoms with van der Waals surface area (Å²) in [5, 5.41) is 3.49. The van der Waals surface area contributed by atoms with Crippen LogP contribution in [0.25, 0.3) is 0 Å². The number of hydrogen-bond acceptors (Lipinski definition) is 2. The quantitative estimate of drug-likeness (QED) is 0.873. The number of hydrogen-bond donors (Lipinski definition) is 1. The van der Waals surface area contributed by atoms with Crippen molar-refractivity contribution >= 4 is 0 Å². The molecular weight excluding hydrogens is 234 g/mol. The van der Waals surface area contributed by atoms with Crippen LogP contribution in [0.5, 0.6) is 5.75 Å². The van der Waals surface area contributed by atoms with Gasteiger partial charge >= 0.3 is 0 Å². The number of benzene rings is 1. The predicted molar refractivity (Wildman–Crippen MR) is 81.2 cm³/mol. The molecule has 0 bridgehead atoms. The first-order valence-corrected chi connectivity index (χ1v) is 7.41. The fourth-order valence-corrected chi connectivity index (χ4v) is 2.85. The van der Waals surface area contributed by atoms with E-state index in [0.717, 1.165) is 18.8 Å². The molecule has 1 N–H and O–H groups in total. The normalized spacial score (nSPS) is 20.9. The van der Waals surface area contributed by atoms with Gasteiger partial charge < -0.3 is 10.1 Å². The highest BCUT2D eigenvalue weighted by Gasteiger charge is 2.21. The molecule has 2 nitrogen and oxygen atoms in total. The fraction of sp³-hybridized carbons (Fsp3) is 0.647. The van der Waals surface area contributed by atoms with Crippen molar-refractivity contribution < 1.29 is 4.74 Å². The summed E-state index contributed by atoms with van der Waals surface area (Å²) in [5.74, 6) is 1.69. The Hall–Kier alpha value is -1.02. The van der Waals surface area contributed by atoms with Crippen LogP contribution >= 0.6 is 0 Å². The molecule has 0 aliphatic carbocycles. The van der Waals surface area contributed by atoms with Gasteiger partial charge in [-0.05, 0) is 60.9 Å². The van der Waals surface area contributed by atoms with Gasteiger partial charge in [0.05, 0.1) is 7.11 Å². The lowest BCUT2D eigenvalue weighted by atomic mass is 9.82. The van der Waals surface area contributed by atoms with E-state index < -0.39 is 0 Å². The highest BCUT2D eigenvalue weighted by atomic mass is 16.5. The predicted octanol–water partition coefficient (Wildman–Crippen LogP) is 3.85. The molecule has 0 saturated carbocycles. The lowest BCUT2D eigenvalue weighted by Crippen LogP contribution is -2.14. The van der Waals surface area contributed by atoms with E-state index in [4.69, 9.17) is 4.74 Å². The molecule has 1 fully saturated rings. The average Bonchev–Trinajstić information content (AvgIpc) is 2.65. The minimum Gasteiger partial charge on any atom is -0.496 e. The van der Waals surface area contributed by atoms with E-state index in [2.05, 4.69) is 44.3 Å². The minimum absolute atomic E-state index is 0.198. The Balaban J connectivity index is 2.34. The SMILES string of the molecule is COc1ccc(C(C)(C)C)cc1C1CCCNCC1. The molecule has 0 radical (unpaired) electrons. The molecule has 1 saturated heterocycles. The summed E-state index contributed by atoms with van der Waals surface area (Å²) in [6.07, 6.45) is 3.73. The molecule has 0 spiro atoms. The monoisotopic (exact) mass is 261 g/mol. The van der Waals surface area contributed by atoms with E-state index in [1.807, 2.05) is 0 Å². The first-order chi connectivity index (χ1) is 9.02. The molecule has 1 aromatic rings. The zero-order valence-electron chi connectivity index (χ0n) is 12.8. The molecule has 1 heterocycles. The Morgan fingerprint density at radius 3 is 2.63 bits per heavy atom. The Morgan fingerprint density at radius 1 is 1.16 bits per heavy atom. The Kier molecular flexibility index (Phi) is 4.51. The van der Waals surface area contributed by atoms with E-state index in [9.17, 15) is 0 Å². The van der Waals surface area contributed by atoms with Crippen LogP contribution in [-0.4, -0.2) is 20.2 Å². The van der Waals surface area contributed by atoms with E-state index >= 15 is 0 Å². The number of methoxy groups -OCH3 is 1. The minimum atomic E-state index is 0.198. The van der Waals surface area contributed by atoms with Crippen LogP contribution in [0, 0.1) is 0 Å². The molecule has 1 atom stereocenters. The lowest BCUT2D eigenvalue weighted by Gasteiger charge is -2.24. The summed E-state index contributed by atoms with van der Waals surface area (Å²) in [6, 6.07) is 6.72. The highest BCUT2D eigenvalue weighted by molar-refractivity contribution is 5.42. The maximum absolute atomic E-state index is 5.59. The summed E-state index contributed by atoms with van der Waals surface area (Å²) in [5.41, 5.74) is 3.00. The zero-order chi connectivity index (χ0) is 13.9. The Morgan fingerprint density at radius 2 is 1.95 bits per heavy atom. The van der Waals surface area contributed by atoms with Gasteiger partial charge in [0.15, 0.2) is 0 Å².